The average molecular weight is 263 g/mol. The third-order valence-corrected chi connectivity index (χ3v) is 2.60. The van der Waals surface area contributed by atoms with E-state index in [2.05, 4.69) is 10.1 Å². The van der Waals surface area contributed by atoms with Crippen molar-refractivity contribution >= 4 is 0 Å². The fourth-order valence-electron chi connectivity index (χ4n) is 1.71. The van der Waals surface area contributed by atoms with E-state index >= 15 is 0 Å². The van der Waals surface area contributed by atoms with E-state index in [9.17, 15) is 13.2 Å². The lowest BCUT2D eigenvalue weighted by molar-refractivity contribution is -0.274. The van der Waals surface area contributed by atoms with Crippen LogP contribution in [0.2, 0.25) is 0 Å². The molecular weight excluding hydrogens is 247 g/mol. The van der Waals surface area contributed by atoms with Crippen molar-refractivity contribution in [1.29, 1.82) is 0 Å². The first kappa shape index (κ1) is 14.8. The van der Waals surface area contributed by atoms with Crippen molar-refractivity contribution < 1.29 is 22.6 Å². The molecule has 0 amide bonds. The van der Waals surface area contributed by atoms with Crippen molar-refractivity contribution in [3.05, 3.63) is 29.8 Å². The molecule has 0 heterocycles. The highest BCUT2D eigenvalue weighted by Gasteiger charge is 2.31. The molecule has 1 aromatic rings. The molecule has 3 nitrogen and oxygen atoms in total. The Hall–Kier alpha value is -1.27. The van der Waals surface area contributed by atoms with Crippen molar-refractivity contribution in [3.8, 4) is 5.75 Å². The first-order chi connectivity index (χ1) is 8.37. The summed E-state index contributed by atoms with van der Waals surface area (Å²) in [6.45, 7) is 1.83. The van der Waals surface area contributed by atoms with Gasteiger partial charge in [-0.3, -0.25) is 0 Å². The zero-order valence-electron chi connectivity index (χ0n) is 10.4. The van der Waals surface area contributed by atoms with Gasteiger partial charge in [-0.1, -0.05) is 12.1 Å². The van der Waals surface area contributed by atoms with Gasteiger partial charge in [0.15, 0.2) is 0 Å². The fraction of sp³-hybridized carbons (Fsp3) is 0.500. The van der Waals surface area contributed by atoms with Gasteiger partial charge in [0.05, 0.1) is 12.1 Å². The van der Waals surface area contributed by atoms with Crippen molar-refractivity contribution in [2.75, 3.05) is 14.2 Å². The van der Waals surface area contributed by atoms with Gasteiger partial charge < -0.3 is 14.8 Å². The number of likely N-dealkylation sites (N-methyl/N-ethyl adjacent to an activating group) is 1. The molecule has 1 aromatic carbocycles. The normalized spacial score (nSPS) is 15.2. The SMILES string of the molecule is CNC(c1cccc(OC(F)(F)F)c1)C(C)OC. The van der Waals surface area contributed by atoms with Crippen LogP contribution >= 0.6 is 0 Å². The lowest BCUT2D eigenvalue weighted by atomic mass is 10.0. The van der Waals surface area contributed by atoms with Gasteiger partial charge in [0.1, 0.15) is 5.75 Å². The number of hydrogen-bond acceptors (Lipinski definition) is 3. The van der Waals surface area contributed by atoms with Crippen molar-refractivity contribution in [1.82, 2.24) is 5.32 Å². The summed E-state index contributed by atoms with van der Waals surface area (Å²) in [6, 6.07) is 5.65. The second-order valence-electron chi connectivity index (χ2n) is 3.83. The van der Waals surface area contributed by atoms with Crippen LogP contribution in [0.5, 0.6) is 5.75 Å². The van der Waals surface area contributed by atoms with Crippen LogP contribution in [-0.2, 0) is 4.74 Å². The van der Waals surface area contributed by atoms with E-state index in [0.29, 0.717) is 5.56 Å². The number of methoxy groups -OCH3 is 1. The van der Waals surface area contributed by atoms with Gasteiger partial charge in [0, 0.05) is 7.11 Å². The maximum Gasteiger partial charge on any atom is 0.573 e. The predicted octanol–water partition coefficient (Wildman–Crippen LogP) is 2.88. The molecule has 0 aliphatic heterocycles. The topological polar surface area (TPSA) is 30.5 Å². The Kier molecular flexibility index (Phi) is 4.98. The Morgan fingerprint density at radius 3 is 2.44 bits per heavy atom. The summed E-state index contributed by atoms with van der Waals surface area (Å²) in [5, 5.41) is 3.00. The Labute approximate surface area is 104 Å². The fourth-order valence-corrected chi connectivity index (χ4v) is 1.71. The first-order valence-corrected chi connectivity index (χ1v) is 5.43. The largest absolute Gasteiger partial charge is 0.573 e. The molecule has 0 saturated heterocycles. The molecule has 1 rings (SSSR count). The number of halogens is 3. The number of rotatable bonds is 5. The second kappa shape index (κ2) is 6.06. The minimum Gasteiger partial charge on any atom is -0.406 e. The third kappa shape index (κ3) is 4.19. The highest BCUT2D eigenvalue weighted by atomic mass is 19.4. The lowest BCUT2D eigenvalue weighted by Crippen LogP contribution is -2.28. The highest BCUT2D eigenvalue weighted by molar-refractivity contribution is 5.31. The molecule has 0 aliphatic carbocycles. The highest BCUT2D eigenvalue weighted by Crippen LogP contribution is 2.27. The Morgan fingerprint density at radius 2 is 1.94 bits per heavy atom. The maximum atomic E-state index is 12.1. The standard InChI is InChI=1S/C12H16F3NO2/c1-8(17-3)11(16-2)9-5-4-6-10(7-9)18-12(13,14)15/h4-8,11,16H,1-3H3. The van der Waals surface area contributed by atoms with Crippen molar-refractivity contribution in [2.45, 2.75) is 25.4 Å². The monoisotopic (exact) mass is 263 g/mol. The summed E-state index contributed by atoms with van der Waals surface area (Å²) in [4.78, 5) is 0. The third-order valence-electron chi connectivity index (χ3n) is 2.60. The Bertz CT molecular complexity index is 382. The number of benzene rings is 1. The molecule has 2 unspecified atom stereocenters. The molecule has 0 aliphatic rings. The van der Waals surface area contributed by atoms with Crippen molar-refractivity contribution in [3.63, 3.8) is 0 Å². The van der Waals surface area contributed by atoms with Crippen LogP contribution in [0.3, 0.4) is 0 Å². The Balaban J connectivity index is 2.93. The Morgan fingerprint density at radius 1 is 1.28 bits per heavy atom. The molecule has 0 fully saturated rings. The van der Waals surface area contributed by atoms with E-state index in [0.717, 1.165) is 0 Å². The van der Waals surface area contributed by atoms with Crippen LogP contribution in [0.1, 0.15) is 18.5 Å². The zero-order chi connectivity index (χ0) is 13.8. The predicted molar refractivity (Wildman–Crippen MR) is 61.4 cm³/mol. The average Bonchev–Trinajstić information content (AvgIpc) is 2.28. The molecular formula is C12H16F3NO2. The summed E-state index contributed by atoms with van der Waals surface area (Å²) in [5.41, 5.74) is 0.675. The summed E-state index contributed by atoms with van der Waals surface area (Å²) >= 11 is 0. The number of alkyl halides is 3. The van der Waals surface area contributed by atoms with Gasteiger partial charge >= 0.3 is 6.36 Å². The summed E-state index contributed by atoms with van der Waals surface area (Å²) < 4.78 is 45.4. The van der Waals surface area contributed by atoms with Gasteiger partial charge in [-0.15, -0.1) is 13.2 Å². The van der Waals surface area contributed by atoms with Crippen LogP contribution in [-0.4, -0.2) is 26.6 Å². The first-order valence-electron chi connectivity index (χ1n) is 5.43. The second-order valence-corrected chi connectivity index (χ2v) is 3.83. The van der Waals surface area contributed by atoms with Crippen molar-refractivity contribution in [2.24, 2.45) is 0 Å². The molecule has 0 aromatic heterocycles. The molecule has 18 heavy (non-hydrogen) atoms. The van der Waals surface area contributed by atoms with E-state index in [4.69, 9.17) is 4.74 Å². The summed E-state index contributed by atoms with van der Waals surface area (Å²) in [5.74, 6) is -0.233. The quantitative estimate of drug-likeness (QED) is 0.886. The van der Waals surface area contributed by atoms with Gasteiger partial charge in [-0.2, -0.15) is 0 Å². The number of nitrogens with one attached hydrogen (secondary N) is 1. The van der Waals surface area contributed by atoms with E-state index in [1.54, 1.807) is 20.2 Å². The van der Waals surface area contributed by atoms with E-state index in [-0.39, 0.29) is 17.9 Å². The number of hydrogen-bond donors (Lipinski definition) is 1. The molecule has 2 atom stereocenters. The van der Waals surface area contributed by atoms with Crippen LogP contribution in [0.25, 0.3) is 0 Å². The summed E-state index contributed by atoms with van der Waals surface area (Å²) in [7, 11) is 3.27. The van der Waals surface area contributed by atoms with Gasteiger partial charge in [0.25, 0.3) is 0 Å². The summed E-state index contributed by atoms with van der Waals surface area (Å²) in [6.07, 6.45) is -4.85. The molecule has 1 N–H and O–H groups in total. The van der Waals surface area contributed by atoms with Crippen LogP contribution in [0.15, 0.2) is 24.3 Å². The van der Waals surface area contributed by atoms with E-state index < -0.39 is 6.36 Å². The van der Waals surface area contributed by atoms with Crippen LogP contribution in [0, 0.1) is 0 Å². The van der Waals surface area contributed by atoms with E-state index in [1.165, 1.54) is 18.2 Å². The lowest BCUT2D eigenvalue weighted by Gasteiger charge is -2.23. The number of ether oxygens (including phenoxy) is 2. The van der Waals surface area contributed by atoms with Gasteiger partial charge in [0.2, 0.25) is 0 Å². The zero-order valence-corrected chi connectivity index (χ0v) is 10.4. The van der Waals surface area contributed by atoms with Crippen LogP contribution < -0.4 is 10.1 Å². The molecule has 0 radical (unpaired) electrons. The molecule has 6 heteroatoms. The van der Waals surface area contributed by atoms with Gasteiger partial charge in [-0.25, -0.2) is 0 Å². The van der Waals surface area contributed by atoms with E-state index in [1.807, 2.05) is 6.92 Å². The minimum absolute atomic E-state index is 0.170. The smallest absolute Gasteiger partial charge is 0.406 e. The molecule has 102 valence electrons. The van der Waals surface area contributed by atoms with Crippen LogP contribution in [0.4, 0.5) is 13.2 Å². The molecule has 0 spiro atoms. The maximum absolute atomic E-state index is 12.1. The molecule has 0 saturated carbocycles. The van der Waals surface area contributed by atoms with Gasteiger partial charge in [-0.05, 0) is 31.7 Å². The molecule has 0 bridgehead atoms. The minimum atomic E-state index is -4.68.